The average molecular weight is 669 g/mol. The van der Waals surface area contributed by atoms with Crippen LogP contribution >= 0.6 is 0 Å². The van der Waals surface area contributed by atoms with Crippen molar-refractivity contribution in [3.8, 4) is 11.3 Å². The summed E-state index contributed by atoms with van der Waals surface area (Å²) in [6.07, 6.45) is 4.81. The van der Waals surface area contributed by atoms with Gasteiger partial charge in [-0.2, -0.15) is 0 Å². The number of fused-ring (bicyclic) bond motifs is 2. The molecule has 0 saturated heterocycles. The molecule has 0 fully saturated rings. The number of aliphatic carboxylic acids is 1. The predicted octanol–water partition coefficient (Wildman–Crippen LogP) is 0.804. The van der Waals surface area contributed by atoms with Gasteiger partial charge in [0.2, 0.25) is 5.36 Å². The zero-order chi connectivity index (χ0) is 32.3. The largest absolute Gasteiger partial charge is 1.00 e. The Morgan fingerprint density at radius 3 is 2.27 bits per heavy atom. The molecule has 0 saturated carbocycles. The summed E-state index contributed by atoms with van der Waals surface area (Å²) in [5.41, 5.74) is 3.27. The molecular weight excluding hydrogens is 631 g/mol. The molecule has 2 aliphatic carbocycles. The van der Waals surface area contributed by atoms with Gasteiger partial charge in [-0.15, -0.1) is 0 Å². The van der Waals surface area contributed by atoms with Crippen LogP contribution in [0.15, 0.2) is 63.5 Å². The molecule has 14 heteroatoms. The Morgan fingerprint density at radius 2 is 1.64 bits per heavy atom. The monoisotopic (exact) mass is 668 g/mol. The van der Waals surface area contributed by atoms with Crippen molar-refractivity contribution in [1.82, 2.24) is 4.58 Å². The summed E-state index contributed by atoms with van der Waals surface area (Å²) < 4.78 is 76.1. The molecule has 0 unspecified atom stereocenters. The molecule has 0 radical (unpaired) electrons. The molecule has 3 aliphatic rings. The van der Waals surface area contributed by atoms with Gasteiger partial charge in [0.15, 0.2) is 0 Å². The Kier molecular flexibility index (Phi) is 12.3. The molecule has 0 atom stereocenters. The first-order valence-electron chi connectivity index (χ1n) is 14.4. The second-order valence-corrected chi connectivity index (χ2v) is 14.7. The van der Waals surface area contributed by atoms with E-state index in [1.54, 1.807) is 12.1 Å². The number of carbonyl (C=O) groups is 1. The minimum atomic E-state index is -4.55. The zero-order valence-corrected chi connectivity index (χ0v) is 29.6. The Bertz CT molecular complexity index is 1810. The first-order valence-corrected chi connectivity index (χ1v) is 17.3. The van der Waals surface area contributed by atoms with E-state index in [0.717, 1.165) is 22.2 Å². The summed E-state index contributed by atoms with van der Waals surface area (Å²) in [7, 11) is -7.03. The van der Waals surface area contributed by atoms with Crippen LogP contribution in [0.1, 0.15) is 63.7 Å². The van der Waals surface area contributed by atoms with Crippen molar-refractivity contribution in [2.75, 3.05) is 30.8 Å². The van der Waals surface area contributed by atoms with Gasteiger partial charge >= 0.3 is 35.5 Å². The van der Waals surface area contributed by atoms with Crippen LogP contribution in [0.3, 0.4) is 0 Å². The number of hydrogen-bond donors (Lipinski definition) is 1. The molecule has 0 amide bonds. The number of hydrogen-bond acceptors (Lipinski definition) is 9. The first kappa shape index (κ1) is 36.9. The van der Waals surface area contributed by atoms with E-state index < -0.39 is 32.0 Å². The van der Waals surface area contributed by atoms with E-state index >= 15 is 0 Å². The fourth-order valence-corrected chi connectivity index (χ4v) is 6.44. The molecule has 4 rings (SSSR count). The molecular formula is C31H37N2NaO9S2. The third kappa shape index (κ3) is 9.98. The van der Waals surface area contributed by atoms with Crippen LogP contribution in [0.2, 0.25) is 0 Å². The van der Waals surface area contributed by atoms with Crippen LogP contribution in [-0.2, 0) is 30.4 Å². The zero-order valence-electron chi connectivity index (χ0n) is 26.0. The number of carboxylic acids is 1. The minimum absolute atomic E-state index is 0. The van der Waals surface area contributed by atoms with Crippen LogP contribution in [0.4, 0.5) is 5.69 Å². The van der Waals surface area contributed by atoms with Crippen LogP contribution in [0.25, 0.3) is 17.4 Å². The van der Waals surface area contributed by atoms with Crippen molar-refractivity contribution in [3.05, 3.63) is 70.9 Å². The third-order valence-electron chi connectivity index (χ3n) is 7.88. The Labute approximate surface area is 286 Å². The summed E-state index contributed by atoms with van der Waals surface area (Å²) in [5.74, 6) is -0.0283. The number of allylic oxidation sites excluding steroid dienone is 1. The van der Waals surface area contributed by atoms with Gasteiger partial charge in [-0.25, -0.2) is 21.4 Å². The molecule has 1 aromatic rings. The van der Waals surface area contributed by atoms with E-state index in [0.29, 0.717) is 56.0 Å². The van der Waals surface area contributed by atoms with Gasteiger partial charge in [0, 0.05) is 66.7 Å². The molecule has 11 nitrogen and oxygen atoms in total. The standard InChI is InChI=1S/C31H38N2O9S2.Na/c1-31(2)21-25(32(3)23-11-13-26(14-12-23)44(39,40)41)20-29-27(31)18-22-9-10-24(19-28(22)42-29)33(16-7-17-43(36,37)38)15-6-4-5-8-30(34)35;/h9-14,18-20H,4-8,15-17,21H2,1-3H3,(H2-,34,35,36,37,38,39,40,41);/q;+1/p-1. The van der Waals surface area contributed by atoms with E-state index in [4.69, 9.17) is 9.52 Å². The van der Waals surface area contributed by atoms with E-state index in [1.165, 1.54) is 12.1 Å². The number of benzene rings is 2. The number of unbranched alkanes of at least 4 members (excludes halogenated alkanes) is 2. The molecule has 0 spiro atoms. The topological polar surface area (TPSA) is 171 Å². The summed E-state index contributed by atoms with van der Waals surface area (Å²) in [6, 6.07) is 13.6. The Balaban J connectivity index is 0.00000552. The van der Waals surface area contributed by atoms with Crippen LogP contribution < -0.4 is 44.4 Å². The molecule has 1 N–H and O–H groups in total. The maximum Gasteiger partial charge on any atom is 1.00 e. The second kappa shape index (κ2) is 14.9. The minimum Gasteiger partial charge on any atom is -0.748 e. The quantitative estimate of drug-likeness (QED) is 0.119. The summed E-state index contributed by atoms with van der Waals surface area (Å²) in [4.78, 5) is 12.5. The van der Waals surface area contributed by atoms with Crippen LogP contribution in [0.5, 0.6) is 0 Å². The van der Waals surface area contributed by atoms with Crippen molar-refractivity contribution in [2.24, 2.45) is 0 Å². The Hall–Kier alpha value is -2.52. The van der Waals surface area contributed by atoms with E-state index in [1.807, 2.05) is 40.8 Å². The van der Waals surface area contributed by atoms with Gasteiger partial charge < -0.3 is 23.5 Å². The SMILES string of the molecule is CN(C1=Cc2oc3cc(=[N+](CCCCCC(=O)O)CCCS(=O)(=O)[O-])ccc-3cc2C(C)(C)C1)c1ccc(S(=O)(=O)[O-])cc1.[Na+]. The van der Waals surface area contributed by atoms with Crippen molar-refractivity contribution < 1.29 is 69.8 Å². The van der Waals surface area contributed by atoms with Gasteiger partial charge in [-0.05, 0) is 61.1 Å². The fraction of sp³-hybridized carbons (Fsp3) is 0.419. The molecule has 0 bridgehead atoms. The smallest absolute Gasteiger partial charge is 0.748 e. The maximum atomic E-state index is 11.4. The van der Waals surface area contributed by atoms with Crippen LogP contribution in [-0.4, -0.2) is 62.9 Å². The summed E-state index contributed by atoms with van der Waals surface area (Å²) in [5, 5.41) is 9.71. The van der Waals surface area contributed by atoms with Crippen molar-refractivity contribution in [1.29, 1.82) is 0 Å². The van der Waals surface area contributed by atoms with E-state index in [2.05, 4.69) is 19.9 Å². The molecule has 1 aliphatic heterocycles. The number of nitrogens with zero attached hydrogens (tertiary/aromatic N) is 2. The first-order chi connectivity index (χ1) is 20.5. The molecule has 1 heterocycles. The molecule has 45 heavy (non-hydrogen) atoms. The number of rotatable bonds is 13. The van der Waals surface area contributed by atoms with Crippen molar-refractivity contribution in [3.63, 3.8) is 0 Å². The van der Waals surface area contributed by atoms with Gasteiger partial charge in [0.1, 0.15) is 34.7 Å². The summed E-state index contributed by atoms with van der Waals surface area (Å²) in [6.45, 7) is 5.13. The van der Waals surface area contributed by atoms with Crippen molar-refractivity contribution >= 4 is 38.0 Å². The third-order valence-corrected chi connectivity index (χ3v) is 9.52. The molecule has 0 aromatic heterocycles. The second-order valence-electron chi connectivity index (χ2n) is 11.8. The van der Waals surface area contributed by atoms with Crippen molar-refractivity contribution in [2.45, 2.75) is 62.7 Å². The predicted molar refractivity (Wildman–Crippen MR) is 164 cm³/mol. The Morgan fingerprint density at radius 1 is 0.978 bits per heavy atom. The molecule has 238 valence electrons. The van der Waals surface area contributed by atoms with Gasteiger partial charge in [0.05, 0.1) is 21.1 Å². The van der Waals surface area contributed by atoms with Gasteiger partial charge in [0.25, 0.3) is 0 Å². The normalized spacial score (nSPS) is 15.1. The van der Waals surface area contributed by atoms with Crippen LogP contribution in [0, 0.1) is 0 Å². The maximum absolute atomic E-state index is 11.4. The van der Waals surface area contributed by atoms with Gasteiger partial charge in [-0.3, -0.25) is 4.79 Å². The van der Waals surface area contributed by atoms with E-state index in [-0.39, 0.29) is 52.7 Å². The van der Waals surface area contributed by atoms with Gasteiger partial charge in [-0.1, -0.05) is 13.8 Å². The average Bonchev–Trinajstić information content (AvgIpc) is 2.93. The van der Waals surface area contributed by atoms with E-state index in [9.17, 15) is 30.7 Å². The molecule has 1 aromatic carbocycles. The summed E-state index contributed by atoms with van der Waals surface area (Å²) >= 11 is 0. The fourth-order valence-electron chi connectivity index (χ4n) is 5.49. The number of carboxylic acid groups (broad SMARTS) is 1. The number of anilines is 1.